The third-order valence-corrected chi connectivity index (χ3v) is 10.2. The van der Waals surface area contributed by atoms with E-state index in [2.05, 4.69) is 87.0 Å². The van der Waals surface area contributed by atoms with Gasteiger partial charge < -0.3 is 20.1 Å². The third-order valence-electron chi connectivity index (χ3n) is 9.64. The van der Waals surface area contributed by atoms with Crippen molar-refractivity contribution in [2.75, 3.05) is 18.5 Å². The molecule has 0 aliphatic carbocycles. The summed E-state index contributed by atoms with van der Waals surface area (Å²) in [7, 11) is 0. The molecule has 1 heterocycles. The van der Waals surface area contributed by atoms with Crippen LogP contribution in [-0.4, -0.2) is 35.3 Å². The first-order valence-corrected chi connectivity index (χ1v) is 20.4. The Labute approximate surface area is 323 Å². The van der Waals surface area contributed by atoms with Gasteiger partial charge in [-0.25, -0.2) is 4.98 Å². The van der Waals surface area contributed by atoms with Gasteiger partial charge in [-0.15, -0.1) is 0 Å². The Hall–Kier alpha value is -4.43. The van der Waals surface area contributed by atoms with E-state index in [9.17, 15) is 9.59 Å². The van der Waals surface area contributed by atoms with Crippen LogP contribution in [0.3, 0.4) is 0 Å². The van der Waals surface area contributed by atoms with Gasteiger partial charge in [-0.1, -0.05) is 110 Å². The monoisotopic (exact) mass is 779 g/mol. The summed E-state index contributed by atoms with van der Waals surface area (Å²) in [5.74, 6) is 1.06. The Bertz CT molecular complexity index is 1950. The number of alkyl halides is 1. The van der Waals surface area contributed by atoms with E-state index in [1.807, 2.05) is 38.1 Å². The Morgan fingerprint density at radius 3 is 1.51 bits per heavy atom. The van der Waals surface area contributed by atoms with Gasteiger partial charge in [0.1, 0.15) is 22.9 Å². The number of fused-ring (bicyclic) bond motifs is 2. The maximum absolute atomic E-state index is 13.3. The van der Waals surface area contributed by atoms with E-state index in [1.54, 1.807) is 18.2 Å². The number of rotatable bonds is 21. The second-order valence-electron chi connectivity index (χ2n) is 13.9. The van der Waals surface area contributed by atoms with Gasteiger partial charge >= 0.3 is 0 Å². The van der Waals surface area contributed by atoms with Gasteiger partial charge in [-0.2, -0.15) is 0 Å². The average Bonchev–Trinajstić information content (AvgIpc) is 3.18. The summed E-state index contributed by atoms with van der Waals surface area (Å²) < 4.78 is 12.0. The van der Waals surface area contributed by atoms with E-state index in [0.29, 0.717) is 0 Å². The fourth-order valence-corrected chi connectivity index (χ4v) is 6.81. The lowest BCUT2D eigenvalue weighted by atomic mass is 10.0. The van der Waals surface area contributed by atoms with E-state index in [-0.39, 0.29) is 35.3 Å². The van der Waals surface area contributed by atoms with Crippen molar-refractivity contribution in [2.45, 2.75) is 97.1 Å². The van der Waals surface area contributed by atoms with Gasteiger partial charge in [0.15, 0.2) is 0 Å². The van der Waals surface area contributed by atoms with E-state index < -0.39 is 0 Å². The van der Waals surface area contributed by atoms with Gasteiger partial charge in [0, 0.05) is 5.33 Å². The molecule has 5 aromatic rings. The van der Waals surface area contributed by atoms with Gasteiger partial charge in [-0.3, -0.25) is 9.59 Å². The molecular formula is C45H54BrN3O4. The van der Waals surface area contributed by atoms with Crippen molar-refractivity contribution in [3.8, 4) is 11.5 Å². The van der Waals surface area contributed by atoms with E-state index in [1.165, 1.54) is 51.4 Å². The Morgan fingerprint density at radius 2 is 1.02 bits per heavy atom. The lowest BCUT2D eigenvalue weighted by molar-refractivity contribution is 0.0930. The van der Waals surface area contributed by atoms with Crippen LogP contribution >= 0.6 is 15.9 Å². The molecule has 0 radical (unpaired) electrons. The van der Waals surface area contributed by atoms with Crippen molar-refractivity contribution < 1.29 is 19.1 Å². The summed E-state index contributed by atoms with van der Waals surface area (Å²) in [6.07, 6.45) is 12.0. The summed E-state index contributed by atoms with van der Waals surface area (Å²) >= 11 is 3.49. The smallest absolute Gasteiger partial charge is 0.270 e. The van der Waals surface area contributed by atoms with Crippen LogP contribution in [0.25, 0.3) is 21.5 Å². The predicted octanol–water partition coefficient (Wildman–Crippen LogP) is 11.4. The summed E-state index contributed by atoms with van der Waals surface area (Å²) in [6.45, 7) is 7.54. The lowest BCUT2D eigenvalue weighted by Crippen LogP contribution is -2.30. The molecule has 0 unspecified atom stereocenters. The number of pyridine rings is 1. The molecule has 0 saturated heterocycles. The number of aromatic nitrogens is 1. The van der Waals surface area contributed by atoms with E-state index in [0.717, 1.165) is 75.6 Å². The zero-order valence-electron chi connectivity index (χ0n) is 31.5. The minimum Gasteiger partial charge on any atom is -0.494 e. The van der Waals surface area contributed by atoms with E-state index >= 15 is 0 Å². The minimum absolute atomic E-state index is 0.188. The van der Waals surface area contributed by atoms with Crippen LogP contribution in [0.4, 0.5) is 0 Å². The summed E-state index contributed by atoms with van der Waals surface area (Å²) in [5, 5.41) is 11.5. The Kier molecular flexibility index (Phi) is 15.5. The van der Waals surface area contributed by atoms with Crippen molar-refractivity contribution in [2.24, 2.45) is 0 Å². The standard InChI is InChI=1S/C45H54BrN3O4/c1-4-5-6-12-26-52-40-23-21-36-28-34(17-19-38(36)30-40)32(2)47-44(50)42-15-14-16-43(49-42)45(51)48-33(3)35-18-20-39-31-41(24-22-37(39)29-35)53-27-13-10-8-7-9-11-25-46/h14-24,28-33H,4-13,25-27H2,1-3H3,(H,47,50)(H,48,51)/t32-,33-/m1/s1. The van der Waals surface area contributed by atoms with Crippen molar-refractivity contribution in [3.63, 3.8) is 0 Å². The highest BCUT2D eigenvalue weighted by atomic mass is 79.9. The molecule has 7 nitrogen and oxygen atoms in total. The first kappa shape index (κ1) is 39.8. The lowest BCUT2D eigenvalue weighted by Gasteiger charge is -2.17. The first-order chi connectivity index (χ1) is 25.8. The Balaban J connectivity index is 1.12. The molecule has 280 valence electrons. The number of ether oxygens (including phenoxy) is 2. The highest BCUT2D eigenvalue weighted by Gasteiger charge is 2.18. The van der Waals surface area contributed by atoms with E-state index in [4.69, 9.17) is 9.47 Å². The van der Waals surface area contributed by atoms with Crippen molar-refractivity contribution >= 4 is 49.3 Å². The third kappa shape index (κ3) is 12.0. The number of halogens is 1. The van der Waals surface area contributed by atoms with Crippen molar-refractivity contribution in [1.82, 2.24) is 15.6 Å². The van der Waals surface area contributed by atoms with Crippen LogP contribution in [0.2, 0.25) is 0 Å². The molecule has 0 aliphatic rings. The number of nitrogens with zero attached hydrogens (tertiary/aromatic N) is 1. The molecule has 8 heteroatoms. The highest BCUT2D eigenvalue weighted by molar-refractivity contribution is 9.09. The molecule has 0 spiro atoms. The topological polar surface area (TPSA) is 89.5 Å². The Morgan fingerprint density at radius 1 is 0.585 bits per heavy atom. The van der Waals surface area contributed by atoms with Crippen LogP contribution < -0.4 is 20.1 Å². The number of carbonyl (C=O) groups excluding carboxylic acids is 2. The molecule has 1 aromatic heterocycles. The molecule has 2 amide bonds. The van der Waals surface area contributed by atoms with Crippen LogP contribution in [0.5, 0.6) is 11.5 Å². The fourth-order valence-electron chi connectivity index (χ4n) is 6.41. The normalized spacial score (nSPS) is 12.4. The number of carbonyl (C=O) groups is 2. The van der Waals surface area contributed by atoms with Crippen LogP contribution in [0.15, 0.2) is 91.0 Å². The summed E-state index contributed by atoms with van der Waals surface area (Å²) in [5.41, 5.74) is 2.33. The maximum atomic E-state index is 13.3. The number of hydrogen-bond acceptors (Lipinski definition) is 5. The van der Waals surface area contributed by atoms with Gasteiger partial charge in [0.25, 0.3) is 11.8 Å². The van der Waals surface area contributed by atoms with Gasteiger partial charge in [-0.05, 0) is 114 Å². The maximum Gasteiger partial charge on any atom is 0.270 e. The second-order valence-corrected chi connectivity index (χ2v) is 14.7. The number of amides is 2. The van der Waals surface area contributed by atoms with Crippen molar-refractivity contribution in [1.29, 1.82) is 0 Å². The van der Waals surface area contributed by atoms with Crippen molar-refractivity contribution in [3.05, 3.63) is 114 Å². The molecule has 0 aliphatic heterocycles. The van der Waals surface area contributed by atoms with Gasteiger partial charge in [0.05, 0.1) is 25.3 Å². The number of nitrogens with one attached hydrogen (secondary N) is 2. The fraction of sp³-hybridized carbons (Fsp3) is 0.400. The number of unbranched alkanes of at least 4 members (excludes halogenated alkanes) is 8. The zero-order chi connectivity index (χ0) is 37.4. The molecule has 53 heavy (non-hydrogen) atoms. The molecule has 2 atom stereocenters. The van der Waals surface area contributed by atoms with Gasteiger partial charge in [0.2, 0.25) is 0 Å². The molecule has 4 aromatic carbocycles. The quantitative estimate of drug-likeness (QED) is 0.0572. The highest BCUT2D eigenvalue weighted by Crippen LogP contribution is 2.27. The largest absolute Gasteiger partial charge is 0.494 e. The molecule has 0 bridgehead atoms. The van der Waals surface area contributed by atoms with Crippen LogP contribution in [0.1, 0.15) is 129 Å². The molecule has 0 saturated carbocycles. The second kappa shape index (κ2) is 20.7. The summed E-state index contributed by atoms with van der Waals surface area (Å²) in [6, 6.07) is 29.0. The average molecular weight is 781 g/mol. The summed E-state index contributed by atoms with van der Waals surface area (Å²) in [4.78, 5) is 31.0. The first-order valence-electron chi connectivity index (χ1n) is 19.3. The SMILES string of the molecule is CCCCCCOc1ccc2cc([C@@H](C)NC(=O)c3cccc(C(=O)N[C@H](C)c4ccc5cc(OCCCCCCCCBr)ccc5c4)n3)ccc2c1. The minimum atomic E-state index is -0.342. The molecule has 0 fully saturated rings. The molecule has 2 N–H and O–H groups in total. The number of benzene rings is 4. The van der Waals surface area contributed by atoms with Crippen LogP contribution in [-0.2, 0) is 0 Å². The zero-order valence-corrected chi connectivity index (χ0v) is 33.1. The van der Waals surface area contributed by atoms with Crippen LogP contribution in [0, 0.1) is 0 Å². The molecule has 5 rings (SSSR count). The predicted molar refractivity (Wildman–Crippen MR) is 221 cm³/mol. The number of hydrogen-bond donors (Lipinski definition) is 2. The molecular weight excluding hydrogens is 726 g/mol.